The van der Waals surface area contributed by atoms with Crippen LogP contribution in [0.2, 0.25) is 5.02 Å². The van der Waals surface area contributed by atoms with Crippen LogP contribution in [0.3, 0.4) is 0 Å². The number of amides is 1. The van der Waals surface area contributed by atoms with Crippen LogP contribution in [0.4, 0.5) is 4.79 Å². The van der Waals surface area contributed by atoms with Gasteiger partial charge in [0.25, 0.3) is 0 Å². The summed E-state index contributed by atoms with van der Waals surface area (Å²) in [4.78, 5) is 11.6. The second-order valence-corrected chi connectivity index (χ2v) is 6.02. The lowest BCUT2D eigenvalue weighted by atomic mass is 10.1. The Morgan fingerprint density at radius 1 is 1.43 bits per heavy atom. The molecule has 0 aromatic heterocycles. The molecule has 0 saturated carbocycles. The summed E-state index contributed by atoms with van der Waals surface area (Å²) in [6, 6.07) is 4.98. The molecule has 1 unspecified atom stereocenters. The van der Waals surface area contributed by atoms with Gasteiger partial charge in [0.15, 0.2) is 0 Å². The number of nitrogens with two attached hydrogens (primary N) is 1. The summed E-state index contributed by atoms with van der Waals surface area (Å²) in [7, 11) is 0. The fraction of sp³-hybridized carbons (Fsp3) is 0.533. The first kappa shape index (κ1) is 17.6. The van der Waals surface area contributed by atoms with Gasteiger partial charge in [-0.2, -0.15) is 0 Å². The number of alkyl carbamates (subject to hydrolysis) is 1. The first-order valence-electron chi connectivity index (χ1n) is 6.87. The predicted molar refractivity (Wildman–Crippen MR) is 83.8 cm³/mol. The Labute approximate surface area is 130 Å². The van der Waals surface area contributed by atoms with E-state index in [1.807, 2.05) is 13.0 Å². The van der Waals surface area contributed by atoms with Crippen molar-refractivity contribution in [3.05, 3.63) is 28.8 Å². The Morgan fingerprint density at radius 3 is 2.62 bits per heavy atom. The molecule has 21 heavy (non-hydrogen) atoms. The summed E-state index contributed by atoms with van der Waals surface area (Å²) < 4.78 is 10.5. The van der Waals surface area contributed by atoms with Crippen LogP contribution in [0.1, 0.15) is 39.3 Å². The summed E-state index contributed by atoms with van der Waals surface area (Å²) in [5, 5.41) is 3.14. The molecular formula is C15H23ClN2O3. The molecule has 0 bridgehead atoms. The molecule has 1 rings (SSSR count). The van der Waals surface area contributed by atoms with Crippen LogP contribution in [-0.4, -0.2) is 24.8 Å². The number of hydrogen-bond donors (Lipinski definition) is 2. The maximum Gasteiger partial charge on any atom is 0.407 e. The number of carbonyl (C=O) groups excluding carboxylic acids is 1. The standard InChI is InChI=1S/C15H23ClN2O3/c1-5-20-13-7-6-10(8-11(13)16)12(17)9-18-14(19)21-15(2,3)4/h6-8,12H,5,9,17H2,1-4H3,(H,18,19). The lowest BCUT2D eigenvalue weighted by Gasteiger charge is -2.21. The number of ether oxygens (including phenoxy) is 2. The van der Waals surface area contributed by atoms with Crippen molar-refractivity contribution in [2.24, 2.45) is 5.73 Å². The van der Waals surface area contributed by atoms with Gasteiger partial charge in [0.1, 0.15) is 11.4 Å². The number of halogens is 1. The van der Waals surface area contributed by atoms with Crippen molar-refractivity contribution in [1.82, 2.24) is 5.32 Å². The normalized spacial score (nSPS) is 12.7. The zero-order valence-corrected chi connectivity index (χ0v) is 13.7. The van der Waals surface area contributed by atoms with Gasteiger partial charge in [0.2, 0.25) is 0 Å². The van der Waals surface area contributed by atoms with Crippen molar-refractivity contribution >= 4 is 17.7 Å². The van der Waals surface area contributed by atoms with Gasteiger partial charge in [0.05, 0.1) is 11.6 Å². The second kappa shape index (κ2) is 7.52. The average molecular weight is 315 g/mol. The molecule has 0 saturated heterocycles. The highest BCUT2D eigenvalue weighted by Crippen LogP contribution is 2.27. The summed E-state index contributed by atoms with van der Waals surface area (Å²) in [6.45, 7) is 8.11. The van der Waals surface area contributed by atoms with Gasteiger partial charge in [-0.1, -0.05) is 17.7 Å². The SMILES string of the molecule is CCOc1ccc(C(N)CNC(=O)OC(C)(C)C)cc1Cl. The van der Waals surface area contributed by atoms with Crippen LogP contribution in [0, 0.1) is 0 Å². The Kier molecular flexibility index (Phi) is 6.30. The topological polar surface area (TPSA) is 73.6 Å². The minimum atomic E-state index is -0.531. The van der Waals surface area contributed by atoms with Crippen molar-refractivity contribution in [3.8, 4) is 5.75 Å². The van der Waals surface area contributed by atoms with Gasteiger partial charge in [-0.05, 0) is 45.4 Å². The Morgan fingerprint density at radius 2 is 2.10 bits per heavy atom. The fourth-order valence-electron chi connectivity index (χ4n) is 1.65. The molecule has 5 nitrogen and oxygen atoms in total. The third-order valence-electron chi connectivity index (χ3n) is 2.55. The zero-order chi connectivity index (χ0) is 16.0. The lowest BCUT2D eigenvalue weighted by molar-refractivity contribution is 0.0524. The summed E-state index contributed by atoms with van der Waals surface area (Å²) >= 11 is 6.11. The lowest BCUT2D eigenvalue weighted by Crippen LogP contribution is -2.36. The first-order valence-corrected chi connectivity index (χ1v) is 7.25. The number of nitrogens with one attached hydrogen (secondary N) is 1. The Bertz CT molecular complexity index is 486. The van der Waals surface area contributed by atoms with Gasteiger partial charge in [0, 0.05) is 12.6 Å². The molecule has 0 fully saturated rings. The molecule has 0 spiro atoms. The van der Waals surface area contributed by atoms with Crippen LogP contribution in [0.15, 0.2) is 18.2 Å². The summed E-state index contributed by atoms with van der Waals surface area (Å²) in [5.41, 5.74) is 6.32. The monoisotopic (exact) mass is 314 g/mol. The maximum absolute atomic E-state index is 11.6. The fourth-order valence-corrected chi connectivity index (χ4v) is 1.89. The maximum atomic E-state index is 11.6. The number of carbonyl (C=O) groups is 1. The van der Waals surface area contributed by atoms with Gasteiger partial charge in [-0.3, -0.25) is 0 Å². The molecule has 0 aliphatic heterocycles. The third-order valence-corrected chi connectivity index (χ3v) is 2.84. The number of rotatable bonds is 5. The minimum Gasteiger partial charge on any atom is -0.492 e. The van der Waals surface area contributed by atoms with Crippen molar-refractivity contribution in [3.63, 3.8) is 0 Å². The van der Waals surface area contributed by atoms with E-state index in [9.17, 15) is 4.79 Å². The quantitative estimate of drug-likeness (QED) is 0.875. The largest absolute Gasteiger partial charge is 0.492 e. The summed E-state index contributed by atoms with van der Waals surface area (Å²) in [5.74, 6) is 0.621. The highest BCUT2D eigenvalue weighted by Gasteiger charge is 2.17. The van der Waals surface area contributed by atoms with Gasteiger partial charge >= 0.3 is 6.09 Å². The molecule has 3 N–H and O–H groups in total. The summed E-state index contributed by atoms with van der Waals surface area (Å²) in [6.07, 6.45) is -0.491. The van der Waals surface area contributed by atoms with Crippen molar-refractivity contribution < 1.29 is 14.3 Å². The van der Waals surface area contributed by atoms with E-state index in [1.54, 1.807) is 32.9 Å². The second-order valence-electron chi connectivity index (χ2n) is 5.61. The zero-order valence-electron chi connectivity index (χ0n) is 12.9. The van der Waals surface area contributed by atoms with E-state index in [4.69, 9.17) is 26.8 Å². The van der Waals surface area contributed by atoms with Crippen LogP contribution >= 0.6 is 11.6 Å². The van der Waals surface area contributed by atoms with E-state index < -0.39 is 11.7 Å². The molecule has 1 atom stereocenters. The van der Waals surface area contributed by atoms with Crippen LogP contribution in [0.5, 0.6) is 5.75 Å². The van der Waals surface area contributed by atoms with E-state index in [0.717, 1.165) is 5.56 Å². The number of benzene rings is 1. The Hall–Kier alpha value is -1.46. The molecule has 1 aromatic carbocycles. The molecule has 0 radical (unpaired) electrons. The number of hydrogen-bond acceptors (Lipinski definition) is 4. The predicted octanol–water partition coefficient (Wildman–Crippen LogP) is 3.26. The van der Waals surface area contributed by atoms with Gasteiger partial charge in [-0.25, -0.2) is 4.79 Å². The first-order chi connectivity index (χ1) is 9.73. The molecule has 1 aromatic rings. The molecule has 118 valence electrons. The van der Waals surface area contributed by atoms with Crippen molar-refractivity contribution in [1.29, 1.82) is 0 Å². The Balaban J connectivity index is 2.58. The highest BCUT2D eigenvalue weighted by atomic mass is 35.5. The molecule has 0 aliphatic carbocycles. The highest BCUT2D eigenvalue weighted by molar-refractivity contribution is 6.32. The van der Waals surface area contributed by atoms with Crippen molar-refractivity contribution in [2.75, 3.05) is 13.2 Å². The molecular weight excluding hydrogens is 292 g/mol. The molecule has 6 heteroatoms. The third kappa shape index (κ3) is 6.23. The smallest absolute Gasteiger partial charge is 0.407 e. The van der Waals surface area contributed by atoms with E-state index >= 15 is 0 Å². The van der Waals surface area contributed by atoms with E-state index in [2.05, 4.69) is 5.32 Å². The van der Waals surface area contributed by atoms with Gasteiger partial charge in [-0.15, -0.1) is 0 Å². The van der Waals surface area contributed by atoms with Crippen LogP contribution < -0.4 is 15.8 Å². The van der Waals surface area contributed by atoms with E-state index in [1.165, 1.54) is 0 Å². The van der Waals surface area contributed by atoms with E-state index in [-0.39, 0.29) is 12.6 Å². The van der Waals surface area contributed by atoms with Crippen molar-refractivity contribution in [2.45, 2.75) is 39.3 Å². The van der Waals surface area contributed by atoms with Gasteiger partial charge < -0.3 is 20.5 Å². The van der Waals surface area contributed by atoms with Crippen LogP contribution in [0.25, 0.3) is 0 Å². The van der Waals surface area contributed by atoms with Crippen LogP contribution in [-0.2, 0) is 4.74 Å². The minimum absolute atomic E-state index is 0.263. The molecule has 0 heterocycles. The molecule has 1 amide bonds. The average Bonchev–Trinajstić information content (AvgIpc) is 2.36. The molecule has 0 aliphatic rings. The van der Waals surface area contributed by atoms with E-state index in [0.29, 0.717) is 17.4 Å².